The monoisotopic (exact) mass is 222 g/mol. The van der Waals surface area contributed by atoms with Gasteiger partial charge in [-0.1, -0.05) is 6.92 Å². The van der Waals surface area contributed by atoms with Crippen LogP contribution in [0.3, 0.4) is 0 Å². The normalized spacial score (nSPS) is 9.88. The van der Waals surface area contributed by atoms with E-state index in [9.17, 15) is 14.7 Å². The number of hydrogen-bond acceptors (Lipinski definition) is 4. The Morgan fingerprint density at radius 3 is 2.62 bits per heavy atom. The third kappa shape index (κ3) is 2.82. The van der Waals surface area contributed by atoms with E-state index in [0.717, 1.165) is 0 Å². The van der Waals surface area contributed by atoms with E-state index >= 15 is 0 Å². The zero-order valence-corrected chi connectivity index (χ0v) is 9.32. The molecule has 0 amide bonds. The molecule has 0 aromatic heterocycles. The van der Waals surface area contributed by atoms with Crippen LogP contribution in [0.25, 0.3) is 0 Å². The molecule has 0 saturated heterocycles. The molecule has 16 heavy (non-hydrogen) atoms. The summed E-state index contributed by atoms with van der Waals surface area (Å²) < 4.78 is 4.88. The average Bonchev–Trinajstić information content (AvgIpc) is 2.26. The maximum Gasteiger partial charge on any atom is 0.341 e. The summed E-state index contributed by atoms with van der Waals surface area (Å²) >= 11 is 0. The van der Waals surface area contributed by atoms with Crippen LogP contribution >= 0.6 is 0 Å². The molecule has 0 aliphatic heterocycles. The largest absolute Gasteiger partial charge is 0.507 e. The molecule has 0 spiro atoms. The summed E-state index contributed by atoms with van der Waals surface area (Å²) in [5.41, 5.74) is 0.405. The smallest absolute Gasteiger partial charge is 0.341 e. The first kappa shape index (κ1) is 12.2. The summed E-state index contributed by atoms with van der Waals surface area (Å²) in [6.45, 7) is 3.56. The summed E-state index contributed by atoms with van der Waals surface area (Å²) in [7, 11) is 0. The van der Waals surface area contributed by atoms with Crippen LogP contribution in [0.2, 0.25) is 0 Å². The highest BCUT2D eigenvalue weighted by Gasteiger charge is 2.14. The Morgan fingerprint density at radius 2 is 2.06 bits per heavy atom. The topological polar surface area (TPSA) is 63.6 Å². The summed E-state index contributed by atoms with van der Waals surface area (Å²) in [4.78, 5) is 22.6. The van der Waals surface area contributed by atoms with Crippen LogP contribution in [-0.4, -0.2) is 23.5 Å². The van der Waals surface area contributed by atoms with Crippen molar-refractivity contribution in [2.45, 2.75) is 20.3 Å². The molecular weight excluding hydrogens is 208 g/mol. The van der Waals surface area contributed by atoms with E-state index in [1.54, 1.807) is 0 Å². The maximum absolute atomic E-state index is 11.5. The minimum absolute atomic E-state index is 0.0288. The van der Waals surface area contributed by atoms with Crippen LogP contribution < -0.4 is 0 Å². The van der Waals surface area contributed by atoms with Gasteiger partial charge in [0.05, 0.1) is 6.61 Å². The van der Waals surface area contributed by atoms with Gasteiger partial charge in [-0.3, -0.25) is 4.79 Å². The zero-order chi connectivity index (χ0) is 12.1. The second kappa shape index (κ2) is 5.30. The fraction of sp³-hybridized carbons (Fsp3) is 0.333. The number of carbonyl (C=O) groups is 2. The molecule has 0 radical (unpaired) electrons. The van der Waals surface area contributed by atoms with Gasteiger partial charge < -0.3 is 9.84 Å². The minimum atomic E-state index is -0.609. The molecule has 0 unspecified atom stereocenters. The van der Waals surface area contributed by atoms with E-state index in [1.165, 1.54) is 25.1 Å². The second-order valence-electron chi connectivity index (χ2n) is 3.42. The van der Waals surface area contributed by atoms with Crippen molar-refractivity contribution >= 4 is 11.8 Å². The second-order valence-corrected chi connectivity index (χ2v) is 3.42. The van der Waals surface area contributed by atoms with Crippen molar-refractivity contribution in [2.24, 2.45) is 0 Å². The van der Waals surface area contributed by atoms with Gasteiger partial charge in [-0.2, -0.15) is 0 Å². The number of phenols is 1. The third-order valence-corrected chi connectivity index (χ3v) is 2.06. The minimum Gasteiger partial charge on any atom is -0.507 e. The molecule has 1 aromatic carbocycles. The van der Waals surface area contributed by atoms with Crippen molar-refractivity contribution in [3.05, 3.63) is 29.3 Å². The van der Waals surface area contributed by atoms with Crippen molar-refractivity contribution in [1.82, 2.24) is 0 Å². The molecule has 1 rings (SSSR count). The van der Waals surface area contributed by atoms with E-state index in [4.69, 9.17) is 4.74 Å². The van der Waals surface area contributed by atoms with Gasteiger partial charge in [0, 0.05) is 5.56 Å². The fourth-order valence-electron chi connectivity index (χ4n) is 1.19. The zero-order valence-electron chi connectivity index (χ0n) is 9.32. The van der Waals surface area contributed by atoms with Crippen LogP contribution in [0.5, 0.6) is 5.75 Å². The van der Waals surface area contributed by atoms with Crippen LogP contribution in [0, 0.1) is 0 Å². The number of esters is 1. The van der Waals surface area contributed by atoms with Crippen molar-refractivity contribution in [3.8, 4) is 5.75 Å². The summed E-state index contributed by atoms with van der Waals surface area (Å²) in [5.74, 6) is -0.946. The molecule has 4 heteroatoms. The van der Waals surface area contributed by atoms with Crippen LogP contribution in [0.1, 0.15) is 41.0 Å². The molecular formula is C12H14O4. The molecule has 0 aliphatic rings. The molecule has 0 fully saturated rings. The average molecular weight is 222 g/mol. The fourth-order valence-corrected chi connectivity index (χ4v) is 1.19. The van der Waals surface area contributed by atoms with Crippen molar-refractivity contribution < 1.29 is 19.4 Å². The quantitative estimate of drug-likeness (QED) is 0.626. The molecule has 0 atom stereocenters. The lowest BCUT2D eigenvalue weighted by Gasteiger charge is -2.06. The van der Waals surface area contributed by atoms with E-state index in [1.807, 2.05) is 6.92 Å². The molecule has 86 valence electrons. The van der Waals surface area contributed by atoms with Crippen LogP contribution in [0.4, 0.5) is 0 Å². The van der Waals surface area contributed by atoms with E-state index in [0.29, 0.717) is 18.6 Å². The van der Waals surface area contributed by atoms with E-state index < -0.39 is 5.97 Å². The van der Waals surface area contributed by atoms with Gasteiger partial charge >= 0.3 is 5.97 Å². The Kier molecular flexibility index (Phi) is 4.05. The summed E-state index contributed by atoms with van der Waals surface area (Å²) in [6.07, 6.45) is 0.707. The SMILES string of the molecule is CCCOC(=O)c1cc(C(C)=O)ccc1O. The molecule has 0 aliphatic carbocycles. The highest BCUT2D eigenvalue weighted by molar-refractivity contribution is 5.99. The summed E-state index contributed by atoms with van der Waals surface area (Å²) in [6, 6.07) is 4.13. The van der Waals surface area contributed by atoms with Gasteiger partial charge in [0.1, 0.15) is 11.3 Å². The number of ether oxygens (including phenoxy) is 1. The molecule has 1 aromatic rings. The molecule has 0 saturated carbocycles. The summed E-state index contributed by atoms with van der Waals surface area (Å²) in [5, 5.41) is 9.47. The Morgan fingerprint density at radius 1 is 1.38 bits per heavy atom. The van der Waals surface area contributed by atoms with Gasteiger partial charge in [-0.05, 0) is 31.5 Å². The number of benzene rings is 1. The predicted molar refractivity (Wildman–Crippen MR) is 58.7 cm³/mol. The molecule has 4 nitrogen and oxygen atoms in total. The predicted octanol–water partition coefficient (Wildman–Crippen LogP) is 2.16. The van der Waals surface area contributed by atoms with Gasteiger partial charge in [-0.25, -0.2) is 4.79 Å². The first-order valence-electron chi connectivity index (χ1n) is 5.07. The Balaban J connectivity index is 2.97. The van der Waals surface area contributed by atoms with Crippen molar-refractivity contribution in [3.63, 3.8) is 0 Å². The maximum atomic E-state index is 11.5. The van der Waals surface area contributed by atoms with Crippen LogP contribution in [-0.2, 0) is 4.74 Å². The van der Waals surface area contributed by atoms with E-state index in [2.05, 4.69) is 0 Å². The number of aromatic hydroxyl groups is 1. The third-order valence-electron chi connectivity index (χ3n) is 2.06. The van der Waals surface area contributed by atoms with Crippen molar-refractivity contribution in [1.29, 1.82) is 0 Å². The van der Waals surface area contributed by atoms with Gasteiger partial charge in [0.2, 0.25) is 0 Å². The van der Waals surface area contributed by atoms with Gasteiger partial charge in [0.25, 0.3) is 0 Å². The Hall–Kier alpha value is -1.84. The van der Waals surface area contributed by atoms with Gasteiger partial charge in [-0.15, -0.1) is 0 Å². The number of ketones is 1. The highest BCUT2D eigenvalue weighted by Crippen LogP contribution is 2.19. The molecule has 0 bridgehead atoms. The molecule has 1 N–H and O–H groups in total. The lowest BCUT2D eigenvalue weighted by atomic mass is 10.1. The lowest BCUT2D eigenvalue weighted by molar-refractivity contribution is 0.0502. The molecule has 0 heterocycles. The first-order valence-corrected chi connectivity index (χ1v) is 5.07. The van der Waals surface area contributed by atoms with Crippen LogP contribution in [0.15, 0.2) is 18.2 Å². The van der Waals surface area contributed by atoms with Crippen molar-refractivity contribution in [2.75, 3.05) is 6.61 Å². The first-order chi connectivity index (χ1) is 7.56. The Labute approximate surface area is 93.9 Å². The number of Topliss-reactive ketones (excluding diaryl/α,β-unsaturated/α-hetero) is 1. The highest BCUT2D eigenvalue weighted by atomic mass is 16.5. The number of phenolic OH excluding ortho intramolecular Hbond substituents is 1. The van der Waals surface area contributed by atoms with Gasteiger partial charge in [0.15, 0.2) is 5.78 Å². The number of hydrogen-bond donors (Lipinski definition) is 1. The Bertz CT molecular complexity index is 409. The number of carbonyl (C=O) groups excluding carboxylic acids is 2. The standard InChI is InChI=1S/C12H14O4/c1-3-6-16-12(15)10-7-9(8(2)13)4-5-11(10)14/h4-5,7,14H,3,6H2,1-2H3. The lowest BCUT2D eigenvalue weighted by Crippen LogP contribution is -2.07. The number of rotatable bonds is 4. The van der Waals surface area contributed by atoms with E-state index in [-0.39, 0.29) is 17.1 Å².